The zero-order valence-electron chi connectivity index (χ0n) is 12.9. The second kappa shape index (κ2) is 5.13. The summed E-state index contributed by atoms with van der Waals surface area (Å²) in [5.41, 5.74) is 0.760. The largest absolute Gasteiger partial charge is 0.464 e. The highest BCUT2D eigenvalue weighted by molar-refractivity contribution is 6.47. The van der Waals surface area contributed by atoms with E-state index >= 15 is 0 Å². The highest BCUT2D eigenvalue weighted by Crippen LogP contribution is 2.35. The number of carbonyl (C=O) groups excluding carboxylic acids is 2. The van der Waals surface area contributed by atoms with Crippen LogP contribution in [0.3, 0.4) is 0 Å². The Morgan fingerprint density at radius 2 is 2.00 bits per heavy atom. The number of likely N-dealkylation sites (N-methyl/N-ethyl adjacent to an activating group) is 1. The molecule has 0 radical (unpaired) electrons. The molecule has 1 N–H and O–H groups in total. The third kappa shape index (κ3) is 1.99. The van der Waals surface area contributed by atoms with E-state index in [-0.39, 0.29) is 16.9 Å². The molecule has 0 atom stereocenters. The number of carboxylic acid groups (broad SMARTS) is 1. The second-order valence-electron chi connectivity index (χ2n) is 5.43. The SMILES string of the molecule is CN1C(=O)C(c2cn(C(=O)O)c3ncccc23)=C(n2ccnc2)C1=O. The van der Waals surface area contributed by atoms with Crippen molar-refractivity contribution in [1.29, 1.82) is 0 Å². The molecular weight excluding hydrogens is 326 g/mol. The van der Waals surface area contributed by atoms with Gasteiger partial charge in [-0.05, 0) is 12.1 Å². The zero-order chi connectivity index (χ0) is 17.7. The molecule has 3 aromatic rings. The van der Waals surface area contributed by atoms with Crippen LogP contribution < -0.4 is 0 Å². The molecule has 4 heterocycles. The number of fused-ring (bicyclic) bond motifs is 1. The van der Waals surface area contributed by atoms with E-state index in [4.69, 9.17) is 0 Å². The maximum absolute atomic E-state index is 12.7. The molecule has 2 amide bonds. The number of hydrogen-bond donors (Lipinski definition) is 1. The van der Waals surface area contributed by atoms with Gasteiger partial charge in [0.2, 0.25) is 0 Å². The van der Waals surface area contributed by atoms with Crippen molar-refractivity contribution in [2.45, 2.75) is 0 Å². The molecule has 9 heteroatoms. The van der Waals surface area contributed by atoms with Crippen LogP contribution in [0.1, 0.15) is 5.56 Å². The Bertz CT molecular complexity index is 1080. The molecule has 4 rings (SSSR count). The van der Waals surface area contributed by atoms with E-state index in [0.717, 1.165) is 9.47 Å². The maximum atomic E-state index is 12.7. The van der Waals surface area contributed by atoms with Crippen LogP contribution in [0.5, 0.6) is 0 Å². The molecule has 1 aliphatic rings. The summed E-state index contributed by atoms with van der Waals surface area (Å²) in [5, 5.41) is 9.85. The molecule has 9 nitrogen and oxygen atoms in total. The van der Waals surface area contributed by atoms with Crippen molar-refractivity contribution in [3.63, 3.8) is 0 Å². The molecule has 1 aliphatic heterocycles. The Kier molecular flexibility index (Phi) is 3.04. The molecule has 25 heavy (non-hydrogen) atoms. The molecule has 0 unspecified atom stereocenters. The van der Waals surface area contributed by atoms with E-state index in [1.165, 1.54) is 36.5 Å². The minimum absolute atomic E-state index is 0.114. The summed E-state index contributed by atoms with van der Waals surface area (Å²) in [6, 6.07) is 3.30. The summed E-state index contributed by atoms with van der Waals surface area (Å²) in [5.74, 6) is -1.000. The Labute approximate surface area is 140 Å². The van der Waals surface area contributed by atoms with Crippen molar-refractivity contribution in [2.24, 2.45) is 0 Å². The first-order valence-electron chi connectivity index (χ1n) is 7.25. The van der Waals surface area contributed by atoms with Gasteiger partial charge in [0.1, 0.15) is 11.3 Å². The topological polar surface area (TPSA) is 110 Å². The number of imidazole rings is 1. The number of carbonyl (C=O) groups is 3. The van der Waals surface area contributed by atoms with E-state index in [1.807, 2.05) is 0 Å². The number of rotatable bonds is 2. The fraction of sp³-hybridized carbons (Fsp3) is 0.0625. The molecule has 0 saturated carbocycles. The monoisotopic (exact) mass is 337 g/mol. The number of imide groups is 1. The van der Waals surface area contributed by atoms with Gasteiger partial charge in [-0.25, -0.2) is 19.3 Å². The summed E-state index contributed by atoms with van der Waals surface area (Å²) in [6.45, 7) is 0. The molecule has 0 aromatic carbocycles. The van der Waals surface area contributed by atoms with Crippen molar-refractivity contribution in [3.05, 3.63) is 48.8 Å². The minimum atomic E-state index is -1.23. The van der Waals surface area contributed by atoms with Crippen molar-refractivity contribution >= 4 is 40.2 Å². The van der Waals surface area contributed by atoms with Gasteiger partial charge in [0.25, 0.3) is 11.8 Å². The fourth-order valence-electron chi connectivity index (χ4n) is 2.90. The van der Waals surface area contributed by atoms with Gasteiger partial charge in [-0.3, -0.25) is 14.5 Å². The van der Waals surface area contributed by atoms with E-state index in [9.17, 15) is 19.5 Å². The third-order valence-corrected chi connectivity index (χ3v) is 4.06. The van der Waals surface area contributed by atoms with Crippen LogP contribution >= 0.6 is 0 Å². The lowest BCUT2D eigenvalue weighted by molar-refractivity contribution is -0.134. The normalized spacial score (nSPS) is 14.8. The number of aromatic nitrogens is 4. The van der Waals surface area contributed by atoms with Crippen LogP contribution in [0.25, 0.3) is 22.3 Å². The van der Waals surface area contributed by atoms with Crippen LogP contribution in [0.4, 0.5) is 4.79 Å². The van der Waals surface area contributed by atoms with Crippen LogP contribution in [0.15, 0.2) is 43.2 Å². The Balaban J connectivity index is 2.09. The van der Waals surface area contributed by atoms with Crippen LogP contribution in [0, 0.1) is 0 Å². The van der Waals surface area contributed by atoms with Crippen molar-refractivity contribution in [2.75, 3.05) is 7.05 Å². The zero-order valence-corrected chi connectivity index (χ0v) is 12.9. The van der Waals surface area contributed by atoms with Gasteiger partial charge in [0.15, 0.2) is 0 Å². The molecule has 0 bridgehead atoms. The average Bonchev–Trinajstić information content (AvgIpc) is 3.29. The summed E-state index contributed by atoms with van der Waals surface area (Å²) in [7, 11) is 1.38. The van der Waals surface area contributed by atoms with E-state index < -0.39 is 17.9 Å². The highest BCUT2D eigenvalue weighted by atomic mass is 16.4. The van der Waals surface area contributed by atoms with Gasteiger partial charge in [-0.1, -0.05) is 0 Å². The Hall–Kier alpha value is -3.75. The fourth-order valence-corrected chi connectivity index (χ4v) is 2.90. The summed E-state index contributed by atoms with van der Waals surface area (Å²) in [6.07, 6.45) is 5.98. The molecule has 3 aromatic heterocycles. The van der Waals surface area contributed by atoms with E-state index in [2.05, 4.69) is 9.97 Å². The predicted octanol–water partition coefficient (Wildman–Crippen LogP) is 1.13. The van der Waals surface area contributed by atoms with E-state index in [1.54, 1.807) is 18.3 Å². The highest BCUT2D eigenvalue weighted by Gasteiger charge is 2.39. The number of pyridine rings is 1. The molecule has 0 aliphatic carbocycles. The summed E-state index contributed by atoms with van der Waals surface area (Å²) in [4.78, 5) is 45.7. The first-order chi connectivity index (χ1) is 12.0. The van der Waals surface area contributed by atoms with Crippen molar-refractivity contribution < 1.29 is 19.5 Å². The molecule has 0 fully saturated rings. The molecular formula is C16H11N5O4. The lowest BCUT2D eigenvalue weighted by atomic mass is 10.0. The van der Waals surface area contributed by atoms with Crippen LogP contribution in [0.2, 0.25) is 0 Å². The van der Waals surface area contributed by atoms with Crippen LogP contribution in [-0.4, -0.2) is 54.1 Å². The summed E-state index contributed by atoms with van der Waals surface area (Å²) < 4.78 is 2.37. The second-order valence-corrected chi connectivity index (χ2v) is 5.43. The van der Waals surface area contributed by atoms with Gasteiger partial charge in [0.05, 0.1) is 11.9 Å². The van der Waals surface area contributed by atoms with Gasteiger partial charge >= 0.3 is 6.09 Å². The van der Waals surface area contributed by atoms with Crippen molar-refractivity contribution in [3.8, 4) is 0 Å². The Morgan fingerprint density at radius 3 is 2.68 bits per heavy atom. The standard InChI is InChI=1S/C16H11N5O4/c1-19-14(22)11(12(15(19)23)20-6-5-17-8-20)10-7-21(16(24)25)13-9(10)3-2-4-18-13/h2-8H,1H3,(H,24,25). The molecule has 0 saturated heterocycles. The quantitative estimate of drug-likeness (QED) is 0.702. The number of amides is 2. The van der Waals surface area contributed by atoms with Crippen molar-refractivity contribution in [1.82, 2.24) is 24.0 Å². The average molecular weight is 337 g/mol. The molecule has 0 spiro atoms. The lowest BCUT2D eigenvalue weighted by Gasteiger charge is -2.06. The Morgan fingerprint density at radius 1 is 1.20 bits per heavy atom. The first kappa shape index (κ1) is 14.8. The minimum Gasteiger partial charge on any atom is -0.464 e. The van der Waals surface area contributed by atoms with Gasteiger partial charge < -0.3 is 9.67 Å². The third-order valence-electron chi connectivity index (χ3n) is 4.06. The summed E-state index contributed by atoms with van der Waals surface area (Å²) >= 11 is 0. The first-order valence-corrected chi connectivity index (χ1v) is 7.25. The van der Waals surface area contributed by atoms with Gasteiger partial charge in [0, 0.05) is 42.8 Å². The molecule has 124 valence electrons. The van der Waals surface area contributed by atoms with Crippen LogP contribution in [-0.2, 0) is 9.59 Å². The number of hydrogen-bond acceptors (Lipinski definition) is 5. The lowest BCUT2D eigenvalue weighted by Crippen LogP contribution is -2.27. The van der Waals surface area contributed by atoms with E-state index in [0.29, 0.717) is 10.9 Å². The smallest absolute Gasteiger partial charge is 0.417 e. The number of nitrogens with zero attached hydrogens (tertiary/aromatic N) is 5. The van der Waals surface area contributed by atoms with Gasteiger partial charge in [-0.2, -0.15) is 0 Å². The predicted molar refractivity (Wildman–Crippen MR) is 86.3 cm³/mol. The maximum Gasteiger partial charge on any atom is 0.417 e. The van der Waals surface area contributed by atoms with Gasteiger partial charge in [-0.15, -0.1) is 0 Å².